The van der Waals surface area contributed by atoms with Crippen molar-refractivity contribution in [2.75, 3.05) is 42.6 Å². The SMILES string of the molecule is CCOC(=O)c1ccc(N2C(=O)C[C@@H](N3CCN(c4ccc(Cl)nn4)CC3)C2=O)cc1. The Morgan fingerprint density at radius 1 is 1.06 bits per heavy atom. The Hall–Kier alpha value is -3.04. The fourth-order valence-corrected chi connectivity index (χ4v) is 3.97. The second kappa shape index (κ2) is 8.99. The fraction of sp³-hybridized carbons (Fsp3) is 0.381. The standard InChI is InChI=1S/C21H22ClN5O4/c1-2-31-21(30)14-3-5-15(6-4-14)27-19(28)13-16(20(27)29)25-9-11-26(12-10-25)18-8-7-17(22)23-24-18/h3-8,16H,2,9-13H2,1H3/t16-/m1/s1. The van der Waals surface area contributed by atoms with Crippen LogP contribution in [0.4, 0.5) is 11.5 Å². The zero-order valence-electron chi connectivity index (χ0n) is 17.0. The van der Waals surface area contributed by atoms with E-state index >= 15 is 0 Å². The third kappa shape index (κ3) is 4.38. The van der Waals surface area contributed by atoms with E-state index in [0.717, 1.165) is 5.82 Å². The van der Waals surface area contributed by atoms with Crippen LogP contribution in [0.1, 0.15) is 23.7 Å². The normalized spacial score (nSPS) is 19.7. The lowest BCUT2D eigenvalue weighted by Gasteiger charge is -2.37. The summed E-state index contributed by atoms with van der Waals surface area (Å²) in [6.07, 6.45) is 0.138. The van der Waals surface area contributed by atoms with Crippen LogP contribution in [0, 0.1) is 0 Å². The van der Waals surface area contributed by atoms with E-state index in [1.165, 1.54) is 4.90 Å². The van der Waals surface area contributed by atoms with Gasteiger partial charge in [-0.15, -0.1) is 10.2 Å². The van der Waals surface area contributed by atoms with E-state index in [2.05, 4.69) is 15.1 Å². The lowest BCUT2D eigenvalue weighted by atomic mass is 10.1. The molecule has 0 N–H and O–H groups in total. The molecule has 31 heavy (non-hydrogen) atoms. The number of rotatable bonds is 5. The predicted octanol–water partition coefficient (Wildman–Crippen LogP) is 1.76. The highest BCUT2D eigenvalue weighted by molar-refractivity contribution is 6.29. The highest BCUT2D eigenvalue weighted by Gasteiger charge is 2.43. The third-order valence-corrected chi connectivity index (χ3v) is 5.66. The number of carbonyl (C=O) groups excluding carboxylic acids is 3. The second-order valence-electron chi connectivity index (χ2n) is 7.29. The molecule has 0 unspecified atom stereocenters. The van der Waals surface area contributed by atoms with Crippen molar-refractivity contribution in [1.29, 1.82) is 0 Å². The van der Waals surface area contributed by atoms with E-state index in [4.69, 9.17) is 16.3 Å². The number of amides is 2. The molecule has 3 heterocycles. The number of hydrogen-bond acceptors (Lipinski definition) is 8. The van der Waals surface area contributed by atoms with Gasteiger partial charge in [-0.3, -0.25) is 14.5 Å². The van der Waals surface area contributed by atoms with Gasteiger partial charge in [-0.2, -0.15) is 0 Å². The van der Waals surface area contributed by atoms with Crippen molar-refractivity contribution in [2.45, 2.75) is 19.4 Å². The average Bonchev–Trinajstić information content (AvgIpc) is 3.08. The van der Waals surface area contributed by atoms with Crippen molar-refractivity contribution >= 4 is 40.9 Å². The van der Waals surface area contributed by atoms with Gasteiger partial charge in [0, 0.05) is 26.2 Å². The highest BCUT2D eigenvalue weighted by Crippen LogP contribution is 2.27. The van der Waals surface area contributed by atoms with Gasteiger partial charge in [0.2, 0.25) is 5.91 Å². The van der Waals surface area contributed by atoms with Gasteiger partial charge in [0.25, 0.3) is 5.91 Å². The van der Waals surface area contributed by atoms with E-state index in [1.54, 1.807) is 37.3 Å². The molecule has 4 rings (SSSR count). The molecule has 2 aromatic rings. The lowest BCUT2D eigenvalue weighted by molar-refractivity contribution is -0.123. The average molecular weight is 444 g/mol. The van der Waals surface area contributed by atoms with Crippen LogP contribution in [0.3, 0.4) is 0 Å². The molecule has 9 nitrogen and oxygen atoms in total. The Labute approximate surface area is 184 Å². The maximum atomic E-state index is 13.0. The van der Waals surface area contributed by atoms with Crippen LogP contribution in [0.25, 0.3) is 0 Å². The summed E-state index contributed by atoms with van der Waals surface area (Å²) in [4.78, 5) is 42.8. The van der Waals surface area contributed by atoms with Crippen molar-refractivity contribution in [1.82, 2.24) is 15.1 Å². The van der Waals surface area contributed by atoms with Gasteiger partial charge in [0.05, 0.1) is 30.3 Å². The number of esters is 1. The van der Waals surface area contributed by atoms with E-state index < -0.39 is 12.0 Å². The Kier molecular flexibility index (Phi) is 6.15. The molecule has 2 aliphatic heterocycles. The number of ether oxygens (including phenoxy) is 1. The molecule has 0 bridgehead atoms. The molecular weight excluding hydrogens is 422 g/mol. The van der Waals surface area contributed by atoms with Crippen molar-refractivity contribution < 1.29 is 19.1 Å². The van der Waals surface area contributed by atoms with Crippen molar-refractivity contribution in [3.05, 3.63) is 47.1 Å². The van der Waals surface area contributed by atoms with E-state index in [1.807, 2.05) is 11.0 Å². The molecule has 0 radical (unpaired) electrons. The lowest BCUT2D eigenvalue weighted by Crippen LogP contribution is -2.52. The Morgan fingerprint density at radius 2 is 1.77 bits per heavy atom. The topological polar surface area (TPSA) is 95.9 Å². The maximum absolute atomic E-state index is 13.0. The summed E-state index contributed by atoms with van der Waals surface area (Å²) >= 11 is 5.79. The van der Waals surface area contributed by atoms with Crippen LogP contribution in [0.5, 0.6) is 0 Å². The molecule has 2 fully saturated rings. The number of carbonyl (C=O) groups is 3. The summed E-state index contributed by atoms with van der Waals surface area (Å²) < 4.78 is 4.97. The van der Waals surface area contributed by atoms with Gasteiger partial charge >= 0.3 is 5.97 Å². The number of anilines is 2. The van der Waals surface area contributed by atoms with Gasteiger partial charge in [0.1, 0.15) is 0 Å². The minimum absolute atomic E-state index is 0.138. The minimum atomic E-state index is -0.490. The molecule has 162 valence electrons. The summed E-state index contributed by atoms with van der Waals surface area (Å²) in [5.74, 6) is -0.186. The van der Waals surface area contributed by atoms with Gasteiger partial charge in [-0.05, 0) is 43.3 Å². The summed E-state index contributed by atoms with van der Waals surface area (Å²) in [6.45, 7) is 4.61. The van der Waals surface area contributed by atoms with Gasteiger partial charge in [-0.25, -0.2) is 9.69 Å². The van der Waals surface area contributed by atoms with Crippen LogP contribution in [-0.2, 0) is 14.3 Å². The first-order valence-corrected chi connectivity index (χ1v) is 10.5. The van der Waals surface area contributed by atoms with E-state index in [-0.39, 0.29) is 24.8 Å². The number of halogens is 1. The van der Waals surface area contributed by atoms with Crippen molar-refractivity contribution in [3.63, 3.8) is 0 Å². The van der Waals surface area contributed by atoms with Crippen molar-refractivity contribution in [2.24, 2.45) is 0 Å². The molecule has 0 saturated carbocycles. The van der Waals surface area contributed by atoms with E-state index in [0.29, 0.717) is 42.6 Å². The number of nitrogens with zero attached hydrogens (tertiary/aromatic N) is 5. The summed E-state index contributed by atoms with van der Waals surface area (Å²) in [5.41, 5.74) is 0.836. The quantitative estimate of drug-likeness (QED) is 0.509. The molecule has 2 aliphatic rings. The third-order valence-electron chi connectivity index (χ3n) is 5.46. The van der Waals surface area contributed by atoms with Crippen molar-refractivity contribution in [3.8, 4) is 0 Å². The summed E-state index contributed by atoms with van der Waals surface area (Å²) in [7, 11) is 0. The first-order valence-electron chi connectivity index (χ1n) is 10.1. The molecule has 1 aromatic heterocycles. The molecule has 0 aliphatic carbocycles. The van der Waals surface area contributed by atoms with Crippen LogP contribution >= 0.6 is 11.6 Å². The summed E-state index contributed by atoms with van der Waals surface area (Å²) in [6, 6.07) is 9.34. The van der Waals surface area contributed by atoms with Gasteiger partial charge in [0.15, 0.2) is 11.0 Å². The number of benzene rings is 1. The molecule has 2 saturated heterocycles. The van der Waals surface area contributed by atoms with Crippen LogP contribution in [0.2, 0.25) is 5.15 Å². The maximum Gasteiger partial charge on any atom is 0.338 e. The predicted molar refractivity (Wildman–Crippen MR) is 114 cm³/mol. The Balaban J connectivity index is 1.40. The molecular formula is C21H22ClN5O4. The fourth-order valence-electron chi connectivity index (χ4n) is 3.87. The van der Waals surface area contributed by atoms with Crippen LogP contribution in [0.15, 0.2) is 36.4 Å². The Bertz CT molecular complexity index is 974. The smallest absolute Gasteiger partial charge is 0.338 e. The monoisotopic (exact) mass is 443 g/mol. The molecule has 2 amide bonds. The first kappa shape index (κ1) is 21.2. The van der Waals surface area contributed by atoms with Gasteiger partial charge in [-0.1, -0.05) is 11.6 Å². The zero-order chi connectivity index (χ0) is 22.0. The molecule has 1 atom stereocenters. The van der Waals surface area contributed by atoms with E-state index in [9.17, 15) is 14.4 Å². The zero-order valence-corrected chi connectivity index (χ0v) is 17.8. The minimum Gasteiger partial charge on any atom is -0.462 e. The van der Waals surface area contributed by atoms with Crippen LogP contribution < -0.4 is 9.80 Å². The van der Waals surface area contributed by atoms with Gasteiger partial charge < -0.3 is 9.64 Å². The highest BCUT2D eigenvalue weighted by atomic mass is 35.5. The molecule has 10 heteroatoms. The molecule has 0 spiro atoms. The summed E-state index contributed by atoms with van der Waals surface area (Å²) in [5, 5.41) is 8.31. The molecule has 1 aromatic carbocycles. The Morgan fingerprint density at radius 3 is 2.39 bits per heavy atom. The van der Waals surface area contributed by atoms with Crippen LogP contribution in [-0.4, -0.2) is 71.7 Å². The number of imide groups is 1. The second-order valence-corrected chi connectivity index (χ2v) is 7.68. The number of piperazine rings is 1. The first-order chi connectivity index (χ1) is 15.0. The number of aromatic nitrogens is 2. The largest absolute Gasteiger partial charge is 0.462 e. The number of hydrogen-bond donors (Lipinski definition) is 0.